The molecule has 1 atom stereocenters. The molecule has 0 aliphatic rings. The first-order valence-corrected chi connectivity index (χ1v) is 8.76. The van der Waals surface area contributed by atoms with E-state index in [1.54, 1.807) is 18.3 Å². The molecule has 0 radical (unpaired) electrons. The third kappa shape index (κ3) is 4.85. The van der Waals surface area contributed by atoms with Crippen LogP contribution in [-0.4, -0.2) is 16.0 Å². The molecule has 0 saturated carbocycles. The highest BCUT2D eigenvalue weighted by Crippen LogP contribution is 2.22. The second kappa shape index (κ2) is 8.36. The molecule has 0 spiro atoms. The Morgan fingerprint density at radius 2 is 2.00 bits per heavy atom. The van der Waals surface area contributed by atoms with E-state index in [1.165, 1.54) is 6.07 Å². The minimum Gasteiger partial charge on any atom is -0.507 e. The number of aryl methyl sites for hydroxylation is 1. The Labute approximate surface area is 158 Å². The summed E-state index contributed by atoms with van der Waals surface area (Å²) < 4.78 is 5.79. The molecular formula is C22H22N2O3. The minimum absolute atomic E-state index is 0.0299. The van der Waals surface area contributed by atoms with Crippen molar-refractivity contribution in [1.29, 1.82) is 0 Å². The standard InChI is InChI=1S/C22H22N2O3/c1-15-9-10-21(25)20(12-15)22(26)24-16(2)17-6-5-8-19(13-17)27-14-18-7-3-4-11-23-18/h3-13,16,25H,14H2,1-2H3,(H,24,26). The van der Waals surface area contributed by atoms with E-state index >= 15 is 0 Å². The Morgan fingerprint density at radius 1 is 1.15 bits per heavy atom. The van der Waals surface area contributed by atoms with E-state index in [-0.39, 0.29) is 23.3 Å². The van der Waals surface area contributed by atoms with Crippen molar-refractivity contribution in [3.8, 4) is 11.5 Å². The largest absolute Gasteiger partial charge is 0.507 e. The highest BCUT2D eigenvalue weighted by atomic mass is 16.5. The van der Waals surface area contributed by atoms with E-state index in [0.717, 1.165) is 16.8 Å². The second-order valence-electron chi connectivity index (χ2n) is 6.40. The van der Waals surface area contributed by atoms with Crippen molar-refractivity contribution in [3.63, 3.8) is 0 Å². The zero-order valence-corrected chi connectivity index (χ0v) is 15.3. The average Bonchev–Trinajstić information content (AvgIpc) is 2.69. The van der Waals surface area contributed by atoms with Crippen LogP contribution in [0.25, 0.3) is 0 Å². The Kier molecular flexibility index (Phi) is 5.71. The maximum absolute atomic E-state index is 12.5. The maximum atomic E-state index is 12.5. The lowest BCUT2D eigenvalue weighted by Crippen LogP contribution is -2.26. The van der Waals surface area contributed by atoms with Crippen LogP contribution < -0.4 is 10.1 Å². The van der Waals surface area contributed by atoms with Crippen molar-refractivity contribution < 1.29 is 14.6 Å². The van der Waals surface area contributed by atoms with Gasteiger partial charge < -0.3 is 15.2 Å². The van der Waals surface area contributed by atoms with E-state index in [0.29, 0.717) is 12.4 Å². The zero-order valence-electron chi connectivity index (χ0n) is 15.3. The predicted molar refractivity (Wildman–Crippen MR) is 104 cm³/mol. The molecule has 1 amide bonds. The van der Waals surface area contributed by atoms with Gasteiger partial charge in [0.15, 0.2) is 0 Å². The first-order valence-electron chi connectivity index (χ1n) is 8.76. The number of nitrogens with one attached hydrogen (secondary N) is 1. The van der Waals surface area contributed by atoms with Gasteiger partial charge >= 0.3 is 0 Å². The van der Waals surface area contributed by atoms with Crippen molar-refractivity contribution in [2.45, 2.75) is 26.5 Å². The molecule has 5 heteroatoms. The summed E-state index contributed by atoms with van der Waals surface area (Å²) in [6, 6.07) is 18.0. The number of pyridine rings is 1. The SMILES string of the molecule is Cc1ccc(O)c(C(=O)NC(C)c2cccc(OCc3ccccn3)c2)c1. The molecule has 3 rings (SSSR count). The second-order valence-corrected chi connectivity index (χ2v) is 6.40. The number of amides is 1. The minimum atomic E-state index is -0.316. The molecule has 0 fully saturated rings. The third-order valence-corrected chi connectivity index (χ3v) is 4.22. The summed E-state index contributed by atoms with van der Waals surface area (Å²) in [5.74, 6) is 0.360. The average molecular weight is 362 g/mol. The fraction of sp³-hybridized carbons (Fsp3) is 0.182. The number of hydrogen-bond acceptors (Lipinski definition) is 4. The molecule has 0 aliphatic carbocycles. The molecule has 1 aromatic heterocycles. The highest BCUT2D eigenvalue weighted by molar-refractivity contribution is 5.97. The summed E-state index contributed by atoms with van der Waals surface area (Å²) in [4.78, 5) is 16.7. The number of hydrogen-bond donors (Lipinski definition) is 2. The number of aromatic nitrogens is 1. The number of carbonyl (C=O) groups is 1. The Balaban J connectivity index is 1.67. The van der Waals surface area contributed by atoms with Crippen molar-refractivity contribution in [2.75, 3.05) is 0 Å². The monoisotopic (exact) mass is 362 g/mol. The molecule has 27 heavy (non-hydrogen) atoms. The van der Waals surface area contributed by atoms with Gasteiger partial charge in [-0.3, -0.25) is 9.78 Å². The Morgan fingerprint density at radius 3 is 2.78 bits per heavy atom. The van der Waals surface area contributed by atoms with Crippen LogP contribution in [0.2, 0.25) is 0 Å². The number of phenols is 1. The van der Waals surface area contributed by atoms with Gasteiger partial charge in [-0.1, -0.05) is 29.8 Å². The molecule has 5 nitrogen and oxygen atoms in total. The lowest BCUT2D eigenvalue weighted by molar-refractivity contribution is 0.0937. The van der Waals surface area contributed by atoms with Gasteiger partial charge in [-0.15, -0.1) is 0 Å². The summed E-state index contributed by atoms with van der Waals surface area (Å²) in [7, 11) is 0. The molecule has 0 bridgehead atoms. The Hall–Kier alpha value is -3.34. The quantitative estimate of drug-likeness (QED) is 0.690. The number of carbonyl (C=O) groups excluding carboxylic acids is 1. The topological polar surface area (TPSA) is 71.5 Å². The number of phenolic OH excluding ortho intramolecular Hbond substituents is 1. The van der Waals surface area contributed by atoms with Crippen LogP contribution >= 0.6 is 0 Å². The van der Waals surface area contributed by atoms with Crippen LogP contribution in [0.1, 0.15) is 40.1 Å². The molecule has 2 N–H and O–H groups in total. The molecule has 0 aliphatic heterocycles. The number of rotatable bonds is 6. The van der Waals surface area contributed by atoms with Crippen LogP contribution in [0.4, 0.5) is 0 Å². The number of ether oxygens (including phenoxy) is 1. The molecule has 1 heterocycles. The van der Waals surface area contributed by atoms with E-state index in [9.17, 15) is 9.90 Å². The first kappa shape index (κ1) is 18.5. The summed E-state index contributed by atoms with van der Waals surface area (Å²) >= 11 is 0. The van der Waals surface area contributed by atoms with Crippen molar-refractivity contribution in [3.05, 3.63) is 89.2 Å². The number of aromatic hydroxyl groups is 1. The molecule has 2 aromatic carbocycles. The maximum Gasteiger partial charge on any atom is 0.255 e. The van der Waals surface area contributed by atoms with Gasteiger partial charge in [0.2, 0.25) is 0 Å². The predicted octanol–water partition coefficient (Wildman–Crippen LogP) is 4.17. The zero-order chi connectivity index (χ0) is 19.2. The van der Waals surface area contributed by atoms with E-state index in [2.05, 4.69) is 10.3 Å². The van der Waals surface area contributed by atoms with Crippen LogP contribution in [0, 0.1) is 6.92 Å². The Bertz CT molecular complexity index is 926. The fourth-order valence-corrected chi connectivity index (χ4v) is 2.70. The lowest BCUT2D eigenvalue weighted by Gasteiger charge is -2.16. The van der Waals surface area contributed by atoms with Crippen LogP contribution in [0.3, 0.4) is 0 Å². The van der Waals surface area contributed by atoms with Gasteiger partial charge in [0, 0.05) is 6.20 Å². The summed E-state index contributed by atoms with van der Waals surface area (Å²) in [6.07, 6.45) is 1.73. The molecular weight excluding hydrogens is 340 g/mol. The van der Waals surface area contributed by atoms with Gasteiger partial charge in [-0.05, 0) is 55.8 Å². The molecule has 1 unspecified atom stereocenters. The van der Waals surface area contributed by atoms with Crippen molar-refractivity contribution in [2.24, 2.45) is 0 Å². The van der Waals surface area contributed by atoms with E-state index < -0.39 is 0 Å². The van der Waals surface area contributed by atoms with Gasteiger partial charge in [-0.2, -0.15) is 0 Å². The van der Waals surface area contributed by atoms with Gasteiger partial charge in [0.25, 0.3) is 5.91 Å². The van der Waals surface area contributed by atoms with Crippen LogP contribution in [0.5, 0.6) is 11.5 Å². The van der Waals surface area contributed by atoms with E-state index in [1.807, 2.05) is 56.3 Å². The number of benzene rings is 2. The van der Waals surface area contributed by atoms with Crippen molar-refractivity contribution >= 4 is 5.91 Å². The van der Waals surface area contributed by atoms with Crippen LogP contribution in [0.15, 0.2) is 66.9 Å². The van der Waals surface area contributed by atoms with Gasteiger partial charge in [0.05, 0.1) is 17.3 Å². The molecule has 3 aromatic rings. The number of nitrogens with zero attached hydrogens (tertiary/aromatic N) is 1. The first-order chi connectivity index (χ1) is 13.0. The summed E-state index contributed by atoms with van der Waals surface area (Å²) in [5, 5.41) is 12.8. The van der Waals surface area contributed by atoms with E-state index in [4.69, 9.17) is 4.74 Å². The molecule has 138 valence electrons. The highest BCUT2D eigenvalue weighted by Gasteiger charge is 2.15. The summed E-state index contributed by atoms with van der Waals surface area (Å²) in [5.41, 5.74) is 2.94. The fourth-order valence-electron chi connectivity index (χ4n) is 2.70. The summed E-state index contributed by atoms with van der Waals surface area (Å²) in [6.45, 7) is 4.15. The smallest absolute Gasteiger partial charge is 0.255 e. The van der Waals surface area contributed by atoms with Crippen LogP contribution in [-0.2, 0) is 6.61 Å². The van der Waals surface area contributed by atoms with Crippen molar-refractivity contribution in [1.82, 2.24) is 10.3 Å². The van der Waals surface area contributed by atoms with Gasteiger partial charge in [-0.25, -0.2) is 0 Å². The van der Waals surface area contributed by atoms with Gasteiger partial charge in [0.1, 0.15) is 18.1 Å². The molecule has 0 saturated heterocycles. The normalized spacial score (nSPS) is 11.6. The lowest BCUT2D eigenvalue weighted by atomic mass is 10.1. The third-order valence-electron chi connectivity index (χ3n) is 4.22.